The summed E-state index contributed by atoms with van der Waals surface area (Å²) in [6, 6.07) is -0.881. The minimum absolute atomic E-state index is 0.00254. The lowest BCUT2D eigenvalue weighted by Crippen LogP contribution is -2.45. The third-order valence-corrected chi connectivity index (χ3v) is 14.0. The molecule has 0 saturated carbocycles. The van der Waals surface area contributed by atoms with Gasteiger partial charge in [-0.05, 0) is 19.3 Å². The van der Waals surface area contributed by atoms with Crippen LogP contribution in [0.2, 0.25) is 0 Å². The highest BCUT2D eigenvalue weighted by atomic mass is 31.2. The minimum atomic E-state index is -4.59. The van der Waals surface area contributed by atoms with Crippen molar-refractivity contribution in [1.82, 2.24) is 5.32 Å². The van der Waals surface area contributed by atoms with Gasteiger partial charge < -0.3 is 28.8 Å². The molecule has 382 valence electrons. The highest BCUT2D eigenvalue weighted by Gasteiger charge is 2.23. The van der Waals surface area contributed by atoms with Gasteiger partial charge in [0.15, 0.2) is 0 Å². The Morgan fingerprint density at radius 3 is 1.17 bits per heavy atom. The Labute approximate surface area is 399 Å². The molecule has 0 bridgehead atoms. The van der Waals surface area contributed by atoms with Crippen molar-refractivity contribution >= 4 is 13.7 Å². The standard InChI is InChI=1S/C55H111N2O6P/c1-6-8-10-12-14-16-18-20-22-24-25-26-27-28-29-30-31-32-33-35-37-39-41-43-45-47-49-55(59)56-53(52-63-64(60,61)62-51-50-57(3,4)5)54(58)48-46-44-42-40-38-36-34-23-21-19-17-15-13-11-9-7-2/h46,48,53-54,58H,6-45,47,49-52H2,1-5H3,(H-,56,59,60,61)/b48-46+/t53-,54+/m0/s1. The zero-order valence-electron chi connectivity index (χ0n) is 43.5. The molecular weight excluding hydrogens is 816 g/mol. The molecule has 0 aromatic rings. The summed E-state index contributed by atoms with van der Waals surface area (Å²) in [5, 5.41) is 13.9. The lowest BCUT2D eigenvalue weighted by molar-refractivity contribution is -0.870. The SMILES string of the molecule is CCCCCCCCCCCCCCCC/C=C/[C@@H](O)[C@H](COP(=O)([O-])OCC[N+](C)(C)C)NC(=O)CCCCCCCCCCCCCCCCCCCCCCCCCCCC. The summed E-state index contributed by atoms with van der Waals surface area (Å²) < 4.78 is 23.3. The number of aliphatic hydroxyl groups is 1. The van der Waals surface area contributed by atoms with Crippen LogP contribution in [0.1, 0.15) is 284 Å². The monoisotopic (exact) mass is 927 g/mol. The van der Waals surface area contributed by atoms with Crippen molar-refractivity contribution in [3.8, 4) is 0 Å². The van der Waals surface area contributed by atoms with Crippen LogP contribution in [0.3, 0.4) is 0 Å². The Morgan fingerprint density at radius 2 is 0.844 bits per heavy atom. The lowest BCUT2D eigenvalue weighted by atomic mass is 10.0. The first-order valence-corrected chi connectivity index (χ1v) is 29.5. The molecule has 2 N–H and O–H groups in total. The number of carbonyl (C=O) groups excluding carboxylic acids is 1. The summed E-state index contributed by atoms with van der Waals surface area (Å²) in [4.78, 5) is 25.5. The van der Waals surface area contributed by atoms with Gasteiger partial charge in [0.2, 0.25) is 5.91 Å². The molecule has 1 unspecified atom stereocenters. The van der Waals surface area contributed by atoms with Crippen LogP contribution in [0.5, 0.6) is 0 Å². The number of amides is 1. The minimum Gasteiger partial charge on any atom is -0.756 e. The van der Waals surface area contributed by atoms with Gasteiger partial charge in [0.1, 0.15) is 13.2 Å². The van der Waals surface area contributed by atoms with Gasteiger partial charge in [0.25, 0.3) is 7.82 Å². The molecule has 0 aromatic heterocycles. The van der Waals surface area contributed by atoms with Crippen LogP contribution >= 0.6 is 7.82 Å². The molecule has 1 amide bonds. The van der Waals surface area contributed by atoms with Crippen LogP contribution in [0.4, 0.5) is 0 Å². The summed E-state index contributed by atoms with van der Waals surface area (Å²) in [5.74, 6) is -0.191. The number of allylic oxidation sites excluding steroid dienone is 1. The van der Waals surface area contributed by atoms with E-state index in [1.807, 2.05) is 27.2 Å². The van der Waals surface area contributed by atoms with E-state index in [2.05, 4.69) is 19.2 Å². The van der Waals surface area contributed by atoms with Gasteiger partial charge in [-0.2, -0.15) is 0 Å². The molecule has 8 nitrogen and oxygen atoms in total. The fourth-order valence-electron chi connectivity index (χ4n) is 8.57. The van der Waals surface area contributed by atoms with E-state index in [9.17, 15) is 19.4 Å². The number of carbonyl (C=O) groups is 1. The number of hydrogen-bond acceptors (Lipinski definition) is 6. The third-order valence-electron chi connectivity index (χ3n) is 13.0. The first-order valence-electron chi connectivity index (χ1n) is 28.1. The third kappa shape index (κ3) is 49.2. The molecule has 0 aliphatic rings. The number of rotatable bonds is 52. The molecule has 0 saturated heterocycles. The van der Waals surface area contributed by atoms with Gasteiger partial charge >= 0.3 is 0 Å². The highest BCUT2D eigenvalue weighted by molar-refractivity contribution is 7.45. The number of likely N-dealkylation sites (N-methyl/N-ethyl adjacent to an activating group) is 1. The van der Waals surface area contributed by atoms with Crippen molar-refractivity contribution in [3.63, 3.8) is 0 Å². The number of nitrogens with zero attached hydrogens (tertiary/aromatic N) is 1. The Balaban J connectivity index is 4.13. The Morgan fingerprint density at radius 1 is 0.531 bits per heavy atom. The summed E-state index contributed by atoms with van der Waals surface area (Å²) in [6.07, 6.45) is 57.1. The van der Waals surface area contributed by atoms with Crippen LogP contribution in [0.25, 0.3) is 0 Å². The summed E-state index contributed by atoms with van der Waals surface area (Å²) in [5.41, 5.74) is 0. The van der Waals surface area contributed by atoms with Crippen molar-refractivity contribution in [3.05, 3.63) is 12.2 Å². The molecule has 0 rings (SSSR count). The highest BCUT2D eigenvalue weighted by Crippen LogP contribution is 2.38. The molecule has 0 radical (unpaired) electrons. The molecule has 0 heterocycles. The fourth-order valence-corrected chi connectivity index (χ4v) is 9.29. The van der Waals surface area contributed by atoms with Crippen LogP contribution in [0.15, 0.2) is 12.2 Å². The molecular formula is C55H111N2O6P. The van der Waals surface area contributed by atoms with E-state index in [-0.39, 0.29) is 19.1 Å². The predicted molar refractivity (Wildman–Crippen MR) is 275 cm³/mol. The number of nitrogens with one attached hydrogen (secondary N) is 1. The van der Waals surface area contributed by atoms with Crippen LogP contribution in [0, 0.1) is 0 Å². The van der Waals surface area contributed by atoms with E-state index in [1.54, 1.807) is 6.08 Å². The van der Waals surface area contributed by atoms with Crippen LogP contribution < -0.4 is 10.2 Å². The van der Waals surface area contributed by atoms with Crippen molar-refractivity contribution in [2.24, 2.45) is 0 Å². The Hall–Kier alpha value is -0.760. The summed E-state index contributed by atoms with van der Waals surface area (Å²) in [7, 11) is 1.28. The van der Waals surface area contributed by atoms with Crippen molar-refractivity contribution in [1.29, 1.82) is 0 Å². The number of quaternary nitrogens is 1. The topological polar surface area (TPSA) is 108 Å². The second-order valence-corrected chi connectivity index (χ2v) is 22.1. The maximum absolute atomic E-state index is 12.9. The smallest absolute Gasteiger partial charge is 0.268 e. The Kier molecular flexibility index (Phi) is 46.8. The average molecular weight is 927 g/mol. The van der Waals surface area contributed by atoms with Gasteiger partial charge in [-0.1, -0.05) is 270 Å². The maximum Gasteiger partial charge on any atom is 0.268 e. The second-order valence-electron chi connectivity index (χ2n) is 20.7. The first-order chi connectivity index (χ1) is 31.0. The van der Waals surface area contributed by atoms with Gasteiger partial charge in [-0.15, -0.1) is 0 Å². The Bertz CT molecular complexity index is 1050. The van der Waals surface area contributed by atoms with Gasteiger partial charge in [0, 0.05) is 6.42 Å². The molecule has 3 atom stereocenters. The number of hydrogen-bond donors (Lipinski definition) is 2. The second kappa shape index (κ2) is 47.3. The fraction of sp³-hybridized carbons (Fsp3) is 0.945. The van der Waals surface area contributed by atoms with Crippen molar-refractivity contribution in [2.75, 3.05) is 40.9 Å². The molecule has 0 aliphatic carbocycles. The molecule has 0 aromatic carbocycles. The summed E-state index contributed by atoms with van der Waals surface area (Å²) >= 11 is 0. The predicted octanol–water partition coefficient (Wildman–Crippen LogP) is 16.0. The van der Waals surface area contributed by atoms with Crippen LogP contribution in [-0.4, -0.2) is 68.5 Å². The van der Waals surface area contributed by atoms with E-state index >= 15 is 0 Å². The van der Waals surface area contributed by atoms with Gasteiger partial charge in [-0.25, -0.2) is 0 Å². The number of aliphatic hydroxyl groups excluding tert-OH is 1. The van der Waals surface area contributed by atoms with Crippen molar-refractivity contribution in [2.45, 2.75) is 296 Å². The number of phosphoric acid groups is 1. The molecule has 9 heteroatoms. The lowest BCUT2D eigenvalue weighted by Gasteiger charge is -2.29. The zero-order valence-corrected chi connectivity index (χ0v) is 44.4. The average Bonchev–Trinajstić information content (AvgIpc) is 3.25. The van der Waals surface area contributed by atoms with Gasteiger partial charge in [0.05, 0.1) is 39.9 Å². The summed E-state index contributed by atoms with van der Waals surface area (Å²) in [6.45, 7) is 4.69. The van der Waals surface area contributed by atoms with E-state index in [4.69, 9.17) is 9.05 Å². The van der Waals surface area contributed by atoms with Crippen LogP contribution in [-0.2, 0) is 18.4 Å². The molecule has 64 heavy (non-hydrogen) atoms. The zero-order chi connectivity index (χ0) is 47.1. The molecule has 0 aliphatic heterocycles. The van der Waals surface area contributed by atoms with Crippen molar-refractivity contribution < 1.29 is 32.9 Å². The van der Waals surface area contributed by atoms with E-state index < -0.39 is 20.0 Å². The molecule has 0 fully saturated rings. The normalized spacial score (nSPS) is 14.0. The quantitative estimate of drug-likeness (QED) is 0.0272. The van der Waals surface area contributed by atoms with E-state index in [1.165, 1.54) is 225 Å². The van der Waals surface area contributed by atoms with E-state index in [0.717, 1.165) is 38.5 Å². The largest absolute Gasteiger partial charge is 0.756 e. The number of phosphoric ester groups is 1. The van der Waals surface area contributed by atoms with E-state index in [0.29, 0.717) is 17.4 Å². The first kappa shape index (κ1) is 63.2. The molecule has 0 spiro atoms. The number of unbranched alkanes of at least 4 members (excludes halogenated alkanes) is 39. The van der Waals surface area contributed by atoms with Gasteiger partial charge in [-0.3, -0.25) is 9.36 Å². The maximum atomic E-state index is 12.9.